The van der Waals surface area contributed by atoms with Crippen LogP contribution in [-0.4, -0.2) is 44.2 Å². The van der Waals surface area contributed by atoms with Crippen LogP contribution in [0.15, 0.2) is 53.4 Å². The summed E-state index contributed by atoms with van der Waals surface area (Å²) in [5.41, 5.74) is 4.02. The van der Waals surface area contributed by atoms with Gasteiger partial charge in [0.25, 0.3) is 0 Å². The fraction of sp³-hybridized carbons (Fsp3) is 0.355. The minimum Gasteiger partial charge on any atom is -0.455 e. The molecule has 222 valence electrons. The van der Waals surface area contributed by atoms with Crippen molar-refractivity contribution < 1.29 is 22.7 Å². The zero-order chi connectivity index (χ0) is 30.2. The van der Waals surface area contributed by atoms with E-state index in [0.717, 1.165) is 41.6 Å². The van der Waals surface area contributed by atoms with Crippen LogP contribution in [0.2, 0.25) is 10.0 Å². The lowest BCUT2D eigenvalue weighted by molar-refractivity contribution is -0.122. The zero-order valence-electron chi connectivity index (χ0n) is 23.7. The van der Waals surface area contributed by atoms with Crippen LogP contribution >= 0.6 is 23.2 Å². The number of sulfonamides is 1. The van der Waals surface area contributed by atoms with Crippen molar-refractivity contribution in [3.05, 3.63) is 75.3 Å². The van der Waals surface area contributed by atoms with Crippen molar-refractivity contribution in [1.82, 2.24) is 4.31 Å². The summed E-state index contributed by atoms with van der Waals surface area (Å²) in [5, 5.41) is 3.58. The van der Waals surface area contributed by atoms with E-state index >= 15 is 0 Å². The number of nitrogens with one attached hydrogen (secondary N) is 1. The minimum absolute atomic E-state index is 0.0322. The van der Waals surface area contributed by atoms with E-state index in [9.17, 15) is 18.0 Å². The van der Waals surface area contributed by atoms with E-state index in [2.05, 4.69) is 5.32 Å². The first kappa shape index (κ1) is 30.4. The van der Waals surface area contributed by atoms with E-state index in [-0.39, 0.29) is 35.2 Å². The quantitative estimate of drug-likeness (QED) is 0.307. The largest absolute Gasteiger partial charge is 0.455 e. The molecule has 1 unspecified atom stereocenters. The summed E-state index contributed by atoms with van der Waals surface area (Å²) < 4.78 is 34.4. The molecule has 3 aromatic carbocycles. The van der Waals surface area contributed by atoms with Crippen molar-refractivity contribution >= 4 is 56.4 Å². The molecule has 2 heterocycles. The van der Waals surface area contributed by atoms with Crippen molar-refractivity contribution in [2.24, 2.45) is 5.92 Å². The Bertz CT molecular complexity index is 1610. The van der Waals surface area contributed by atoms with E-state index in [1.165, 1.54) is 22.5 Å². The van der Waals surface area contributed by atoms with Gasteiger partial charge in [0.2, 0.25) is 21.8 Å². The van der Waals surface area contributed by atoms with Crippen LogP contribution in [0.4, 0.5) is 11.4 Å². The van der Waals surface area contributed by atoms with E-state index in [0.29, 0.717) is 28.9 Å². The topological polar surface area (TPSA) is 96.0 Å². The van der Waals surface area contributed by atoms with Gasteiger partial charge in [-0.1, -0.05) is 47.3 Å². The fourth-order valence-electron chi connectivity index (χ4n) is 5.76. The van der Waals surface area contributed by atoms with E-state index in [4.69, 9.17) is 27.9 Å². The third-order valence-corrected chi connectivity index (χ3v) is 9.96. The van der Waals surface area contributed by atoms with Crippen molar-refractivity contribution in [2.75, 3.05) is 29.9 Å². The number of benzene rings is 3. The molecule has 0 bridgehead atoms. The van der Waals surface area contributed by atoms with Gasteiger partial charge >= 0.3 is 0 Å². The predicted molar refractivity (Wildman–Crippen MR) is 165 cm³/mol. The van der Waals surface area contributed by atoms with Gasteiger partial charge in [0.1, 0.15) is 5.75 Å². The average molecular weight is 631 g/mol. The molecule has 2 aliphatic rings. The fourth-order valence-corrected chi connectivity index (χ4v) is 7.81. The number of hydrogen-bond donors (Lipinski definition) is 1. The van der Waals surface area contributed by atoms with E-state index in [1.807, 2.05) is 32.9 Å². The molecule has 1 atom stereocenters. The molecule has 8 nitrogen and oxygen atoms in total. The van der Waals surface area contributed by atoms with Crippen LogP contribution in [0.1, 0.15) is 42.4 Å². The van der Waals surface area contributed by atoms with Gasteiger partial charge in [-0.2, -0.15) is 4.31 Å². The first-order valence-electron chi connectivity index (χ1n) is 13.9. The summed E-state index contributed by atoms with van der Waals surface area (Å²) in [6.07, 6.45) is 2.61. The highest BCUT2D eigenvalue weighted by Gasteiger charge is 2.37. The normalized spacial score (nSPS) is 17.9. The number of carbonyl (C=O) groups excluding carboxylic acids is 2. The van der Waals surface area contributed by atoms with Crippen LogP contribution < -0.4 is 15.0 Å². The first-order chi connectivity index (χ1) is 19.9. The third-order valence-electron chi connectivity index (χ3n) is 7.63. The third kappa shape index (κ3) is 6.44. The molecule has 0 aliphatic carbocycles. The lowest BCUT2D eigenvalue weighted by Gasteiger charge is -2.26. The highest BCUT2D eigenvalue weighted by molar-refractivity contribution is 7.89. The molecule has 11 heteroatoms. The number of carbonyl (C=O) groups is 2. The van der Waals surface area contributed by atoms with Crippen LogP contribution in [0, 0.1) is 26.7 Å². The van der Waals surface area contributed by atoms with Gasteiger partial charge in [-0.25, -0.2) is 8.42 Å². The van der Waals surface area contributed by atoms with Crippen LogP contribution in [0.5, 0.6) is 11.5 Å². The molecule has 0 radical (unpaired) electrons. The maximum absolute atomic E-state index is 13.6. The Morgan fingerprint density at radius 3 is 2.21 bits per heavy atom. The molecular weight excluding hydrogens is 597 g/mol. The molecule has 42 heavy (non-hydrogen) atoms. The highest BCUT2D eigenvalue weighted by atomic mass is 35.5. The molecule has 2 amide bonds. The molecule has 2 fully saturated rings. The Morgan fingerprint density at radius 2 is 1.57 bits per heavy atom. The van der Waals surface area contributed by atoms with Crippen molar-refractivity contribution in [1.29, 1.82) is 0 Å². The number of anilines is 2. The average Bonchev–Trinajstić information content (AvgIpc) is 3.30. The molecule has 0 saturated carbocycles. The minimum atomic E-state index is -3.79. The molecular formula is C31H33Cl2N3O5S. The van der Waals surface area contributed by atoms with E-state index < -0.39 is 21.8 Å². The summed E-state index contributed by atoms with van der Waals surface area (Å²) in [6, 6.07) is 13.1. The Morgan fingerprint density at radius 1 is 0.929 bits per heavy atom. The maximum Gasteiger partial charge on any atom is 0.243 e. The van der Waals surface area contributed by atoms with Crippen molar-refractivity contribution in [3.63, 3.8) is 0 Å². The number of hydrogen-bond acceptors (Lipinski definition) is 5. The number of ether oxygens (including phenoxy) is 1. The number of piperidine rings is 1. The number of aryl methyl sites for hydroxylation is 3. The number of rotatable bonds is 7. The smallest absolute Gasteiger partial charge is 0.243 e. The van der Waals surface area contributed by atoms with E-state index in [1.54, 1.807) is 23.1 Å². The lowest BCUT2D eigenvalue weighted by Crippen LogP contribution is -2.35. The molecule has 0 aromatic heterocycles. The van der Waals surface area contributed by atoms with Crippen molar-refractivity contribution in [2.45, 2.75) is 51.3 Å². The summed E-state index contributed by atoms with van der Waals surface area (Å²) in [4.78, 5) is 28.4. The van der Waals surface area contributed by atoms with Crippen molar-refractivity contribution in [3.8, 4) is 11.5 Å². The van der Waals surface area contributed by atoms with Crippen LogP contribution in [0.3, 0.4) is 0 Å². The van der Waals surface area contributed by atoms with Gasteiger partial charge < -0.3 is 15.0 Å². The molecule has 0 spiro atoms. The second kappa shape index (κ2) is 12.2. The molecule has 5 rings (SSSR count). The summed E-state index contributed by atoms with van der Waals surface area (Å²) in [5.74, 6) is -0.660. The first-order valence-corrected chi connectivity index (χ1v) is 16.1. The van der Waals surface area contributed by atoms with Gasteiger partial charge in [0, 0.05) is 41.8 Å². The summed E-state index contributed by atoms with van der Waals surface area (Å²) in [6.45, 7) is 7.01. The second-order valence-corrected chi connectivity index (χ2v) is 13.8. The van der Waals surface area contributed by atoms with Gasteiger partial charge in [0.05, 0.1) is 16.5 Å². The summed E-state index contributed by atoms with van der Waals surface area (Å²) in [7, 11) is -3.79. The van der Waals surface area contributed by atoms with Gasteiger partial charge in [-0.3, -0.25) is 9.59 Å². The Kier molecular flexibility index (Phi) is 8.85. The Hall–Kier alpha value is -3.11. The van der Waals surface area contributed by atoms with Gasteiger partial charge in [-0.15, -0.1) is 0 Å². The molecule has 2 saturated heterocycles. The monoisotopic (exact) mass is 629 g/mol. The zero-order valence-corrected chi connectivity index (χ0v) is 26.1. The van der Waals surface area contributed by atoms with Gasteiger partial charge in [-0.05, 0) is 81.1 Å². The number of amides is 2. The number of nitrogens with zero attached hydrogens (tertiary/aromatic N) is 2. The Balaban J connectivity index is 1.45. The molecule has 3 aromatic rings. The van der Waals surface area contributed by atoms with Crippen LogP contribution in [-0.2, 0) is 19.6 Å². The SMILES string of the molecule is Cc1cc(C)c(N2CC(C(=O)Nc3cc(S(=O)(=O)N4CCCCC4)ccc3Oc3cc(Cl)cc(Cl)c3)CC2=O)c(C)c1. The lowest BCUT2D eigenvalue weighted by atomic mass is 10.0. The van der Waals surface area contributed by atoms with Crippen LogP contribution in [0.25, 0.3) is 0 Å². The maximum atomic E-state index is 13.6. The second-order valence-electron chi connectivity index (χ2n) is 11.0. The molecule has 2 aliphatic heterocycles. The molecule has 1 N–H and O–H groups in total. The number of halogens is 2. The standard InChI is InChI=1S/C31H33Cl2N3O5S/c1-19-11-20(2)30(21(3)12-19)36-18-22(13-29(36)37)31(38)34-27-17-26(42(39,40)35-9-5-4-6-10-35)7-8-28(27)41-25-15-23(32)14-24(33)16-25/h7-8,11-12,14-17,22H,4-6,9-10,13,18H2,1-3H3,(H,34,38). The highest BCUT2D eigenvalue weighted by Crippen LogP contribution is 2.37. The summed E-state index contributed by atoms with van der Waals surface area (Å²) >= 11 is 12.3. The Labute approximate surface area is 256 Å². The van der Waals surface area contributed by atoms with Gasteiger partial charge in [0.15, 0.2) is 5.75 Å². The predicted octanol–water partition coefficient (Wildman–Crippen LogP) is 6.88.